The number of imidazole rings is 1. The number of hydrogen-bond donors (Lipinski definition) is 1. The molecule has 0 aliphatic rings. The molecule has 134 valence electrons. The highest BCUT2D eigenvalue weighted by Crippen LogP contribution is 2.30. The average Bonchev–Trinajstić information content (AvgIpc) is 3.03. The summed E-state index contributed by atoms with van der Waals surface area (Å²) in [6.07, 6.45) is 12.9. The number of aromatic nitrogens is 3. The van der Waals surface area contributed by atoms with E-state index in [4.69, 9.17) is 16.6 Å². The zero-order valence-electron chi connectivity index (χ0n) is 15.3. The van der Waals surface area contributed by atoms with Crippen LogP contribution in [-0.4, -0.2) is 14.4 Å². The minimum absolute atomic E-state index is 0.694. The molecule has 0 atom stereocenters. The van der Waals surface area contributed by atoms with Gasteiger partial charge in [0.15, 0.2) is 5.65 Å². The van der Waals surface area contributed by atoms with Gasteiger partial charge < -0.3 is 5.32 Å². The smallest absolute Gasteiger partial charge is 0.157 e. The van der Waals surface area contributed by atoms with Gasteiger partial charge in [0.05, 0.1) is 6.20 Å². The van der Waals surface area contributed by atoms with E-state index >= 15 is 0 Å². The first-order valence-corrected chi connectivity index (χ1v) is 8.91. The van der Waals surface area contributed by atoms with Crippen LogP contribution in [0, 0.1) is 0 Å². The Kier molecular flexibility index (Phi) is 7.18. The van der Waals surface area contributed by atoms with Crippen molar-refractivity contribution in [1.29, 1.82) is 0 Å². The number of allylic oxidation sites excluding steroid dienone is 4. The van der Waals surface area contributed by atoms with Crippen LogP contribution in [0.15, 0.2) is 79.4 Å². The van der Waals surface area contributed by atoms with E-state index in [1.54, 1.807) is 18.5 Å². The van der Waals surface area contributed by atoms with Gasteiger partial charge in [-0.25, -0.2) is 4.98 Å². The molecule has 3 aromatic rings. The molecule has 3 rings (SSSR count). The van der Waals surface area contributed by atoms with Gasteiger partial charge in [-0.2, -0.15) is 0 Å². The molecule has 0 bridgehead atoms. The number of fused-ring (bicyclic) bond motifs is 1. The van der Waals surface area contributed by atoms with Crippen LogP contribution in [0.4, 0.5) is 5.82 Å². The molecule has 2 aromatic heterocycles. The number of halogens is 1. The number of hydrogen-bond acceptors (Lipinski definition) is 3. The van der Waals surface area contributed by atoms with Gasteiger partial charge in [-0.1, -0.05) is 56.3 Å². The van der Waals surface area contributed by atoms with Crippen LogP contribution in [0.2, 0.25) is 5.02 Å². The molecule has 0 aliphatic heterocycles. The topological polar surface area (TPSA) is 42.2 Å². The summed E-state index contributed by atoms with van der Waals surface area (Å²) in [7, 11) is 0. The highest BCUT2D eigenvalue weighted by atomic mass is 35.5. The minimum Gasteiger partial charge on any atom is -0.339 e. The lowest BCUT2D eigenvalue weighted by molar-refractivity contribution is 1.12. The van der Waals surface area contributed by atoms with E-state index in [0.717, 1.165) is 28.4 Å². The second-order valence-corrected chi connectivity index (χ2v) is 5.54. The van der Waals surface area contributed by atoms with Gasteiger partial charge >= 0.3 is 0 Å². The van der Waals surface area contributed by atoms with E-state index in [1.807, 2.05) is 73.9 Å². The molecule has 0 radical (unpaired) electrons. The summed E-state index contributed by atoms with van der Waals surface area (Å²) in [4.78, 5) is 8.85. The molecule has 4 nitrogen and oxygen atoms in total. The Labute approximate surface area is 159 Å². The van der Waals surface area contributed by atoms with Gasteiger partial charge in [0, 0.05) is 28.7 Å². The third-order valence-corrected chi connectivity index (χ3v) is 3.71. The number of rotatable bonds is 5. The maximum atomic E-state index is 6.00. The van der Waals surface area contributed by atoms with Crippen molar-refractivity contribution in [2.24, 2.45) is 0 Å². The molecule has 5 heteroatoms. The molecule has 0 unspecified atom stereocenters. The Morgan fingerprint density at radius 3 is 2.62 bits per heavy atom. The predicted molar refractivity (Wildman–Crippen MR) is 111 cm³/mol. The third-order valence-electron chi connectivity index (χ3n) is 3.45. The SMILES string of the molecule is C=C/C=C(\C=C/C)Nc1c(-c2ccc(Cl)cc2)nc2cnccn12.CC. The van der Waals surface area contributed by atoms with Crippen LogP contribution in [0.1, 0.15) is 20.8 Å². The molecule has 0 fully saturated rings. The molecule has 2 heterocycles. The molecular formula is C21H23ClN4. The van der Waals surface area contributed by atoms with E-state index in [-0.39, 0.29) is 0 Å². The largest absolute Gasteiger partial charge is 0.339 e. The van der Waals surface area contributed by atoms with Gasteiger partial charge in [0.1, 0.15) is 11.5 Å². The van der Waals surface area contributed by atoms with Gasteiger partial charge in [0.25, 0.3) is 0 Å². The first-order valence-electron chi connectivity index (χ1n) is 8.53. The molecule has 26 heavy (non-hydrogen) atoms. The van der Waals surface area contributed by atoms with E-state index in [9.17, 15) is 0 Å². The van der Waals surface area contributed by atoms with Crippen molar-refractivity contribution in [2.75, 3.05) is 5.32 Å². The lowest BCUT2D eigenvalue weighted by Gasteiger charge is -2.09. The van der Waals surface area contributed by atoms with Crippen molar-refractivity contribution >= 4 is 23.1 Å². The van der Waals surface area contributed by atoms with Crippen LogP contribution in [-0.2, 0) is 0 Å². The van der Waals surface area contributed by atoms with E-state index in [2.05, 4.69) is 16.9 Å². The highest BCUT2D eigenvalue weighted by molar-refractivity contribution is 6.30. The number of nitrogens with zero attached hydrogens (tertiary/aromatic N) is 3. The summed E-state index contributed by atoms with van der Waals surface area (Å²) in [5.74, 6) is 0.862. The van der Waals surface area contributed by atoms with E-state index < -0.39 is 0 Å². The lowest BCUT2D eigenvalue weighted by Crippen LogP contribution is -2.01. The van der Waals surface area contributed by atoms with Gasteiger partial charge in [-0.3, -0.25) is 9.38 Å². The molecule has 0 amide bonds. The first-order chi connectivity index (χ1) is 12.7. The summed E-state index contributed by atoms with van der Waals surface area (Å²) < 4.78 is 1.97. The first kappa shape index (κ1) is 19.5. The molecule has 1 N–H and O–H groups in total. The molecule has 0 saturated heterocycles. The molecular weight excluding hydrogens is 344 g/mol. The zero-order chi connectivity index (χ0) is 18.9. The summed E-state index contributed by atoms with van der Waals surface area (Å²) in [6.45, 7) is 9.74. The fourth-order valence-electron chi connectivity index (χ4n) is 2.42. The van der Waals surface area contributed by atoms with Crippen molar-refractivity contribution < 1.29 is 0 Å². The van der Waals surface area contributed by atoms with Crippen molar-refractivity contribution in [3.8, 4) is 11.3 Å². The minimum atomic E-state index is 0.694. The van der Waals surface area contributed by atoms with Crippen LogP contribution < -0.4 is 5.32 Å². The predicted octanol–water partition coefficient (Wildman–Crippen LogP) is 6.13. The maximum Gasteiger partial charge on any atom is 0.157 e. The van der Waals surface area contributed by atoms with Crippen molar-refractivity contribution in [3.05, 3.63) is 84.5 Å². The summed E-state index contributed by atoms with van der Waals surface area (Å²) >= 11 is 6.00. The summed E-state index contributed by atoms with van der Waals surface area (Å²) in [6, 6.07) is 7.62. The normalized spacial score (nSPS) is 11.3. The fraction of sp³-hybridized carbons (Fsp3) is 0.143. The summed E-state index contributed by atoms with van der Waals surface area (Å²) in [5.41, 5.74) is 3.49. The third kappa shape index (κ3) is 4.41. The number of nitrogens with one attached hydrogen (secondary N) is 1. The Morgan fingerprint density at radius 1 is 1.23 bits per heavy atom. The maximum absolute atomic E-state index is 6.00. The summed E-state index contributed by atoms with van der Waals surface area (Å²) in [5, 5.41) is 4.12. The highest BCUT2D eigenvalue weighted by Gasteiger charge is 2.14. The van der Waals surface area contributed by atoms with E-state index in [0.29, 0.717) is 5.02 Å². The second-order valence-electron chi connectivity index (χ2n) is 5.10. The van der Waals surface area contributed by atoms with Crippen LogP contribution in [0.5, 0.6) is 0 Å². The van der Waals surface area contributed by atoms with Crippen molar-refractivity contribution in [3.63, 3.8) is 0 Å². The molecule has 1 aromatic carbocycles. The van der Waals surface area contributed by atoms with Crippen molar-refractivity contribution in [2.45, 2.75) is 20.8 Å². The molecule has 0 saturated carbocycles. The monoisotopic (exact) mass is 366 g/mol. The lowest BCUT2D eigenvalue weighted by atomic mass is 10.1. The van der Waals surface area contributed by atoms with Gasteiger partial charge in [-0.05, 0) is 31.2 Å². The van der Waals surface area contributed by atoms with Crippen LogP contribution in [0.3, 0.4) is 0 Å². The van der Waals surface area contributed by atoms with E-state index in [1.165, 1.54) is 0 Å². The van der Waals surface area contributed by atoms with Crippen LogP contribution >= 0.6 is 11.6 Å². The number of anilines is 1. The Balaban J connectivity index is 0.00000117. The standard InChI is InChI=1S/C19H17ClN4.C2H6/c1-3-5-16(6-4-2)22-19-18(14-7-9-15(20)10-8-14)23-17-13-21-11-12-24(17)19;1-2/h3-13,22H,1H2,2H3;1-2H3/b6-4-,16-5+;. The Morgan fingerprint density at radius 2 is 1.96 bits per heavy atom. The number of benzene rings is 1. The van der Waals surface area contributed by atoms with Crippen LogP contribution in [0.25, 0.3) is 16.9 Å². The average molecular weight is 367 g/mol. The van der Waals surface area contributed by atoms with Gasteiger partial charge in [-0.15, -0.1) is 0 Å². The second kappa shape index (κ2) is 9.59. The fourth-order valence-corrected chi connectivity index (χ4v) is 2.54. The van der Waals surface area contributed by atoms with Gasteiger partial charge in [0.2, 0.25) is 0 Å². The Bertz CT molecular complexity index is 921. The molecule has 0 aliphatic carbocycles. The Hall–Kier alpha value is -2.85. The quantitative estimate of drug-likeness (QED) is 0.552. The molecule has 0 spiro atoms. The zero-order valence-corrected chi connectivity index (χ0v) is 16.0. The van der Waals surface area contributed by atoms with Crippen molar-refractivity contribution in [1.82, 2.24) is 14.4 Å².